The minimum Gasteiger partial charge on any atom is -0.391 e. The molecule has 3 amide bonds. The van der Waals surface area contributed by atoms with E-state index in [-0.39, 0.29) is 30.3 Å². The normalized spacial score (nSPS) is 20.3. The van der Waals surface area contributed by atoms with Gasteiger partial charge in [0.15, 0.2) is 0 Å². The molecule has 1 aromatic heterocycles. The van der Waals surface area contributed by atoms with Gasteiger partial charge in [0.1, 0.15) is 20.0 Å². The fourth-order valence-electron chi connectivity index (χ4n) is 5.32. The van der Waals surface area contributed by atoms with E-state index in [4.69, 9.17) is 0 Å². The number of aliphatic hydroxyl groups is 1. The third-order valence-electron chi connectivity index (χ3n) is 7.80. The van der Waals surface area contributed by atoms with Crippen LogP contribution in [0.15, 0.2) is 29.8 Å². The van der Waals surface area contributed by atoms with Gasteiger partial charge < -0.3 is 20.6 Å². The maximum absolute atomic E-state index is 13.9. The number of amides is 3. The Morgan fingerprint density at radius 3 is 2.40 bits per heavy atom. The van der Waals surface area contributed by atoms with E-state index >= 15 is 0 Å². The van der Waals surface area contributed by atoms with Crippen molar-refractivity contribution in [2.45, 2.75) is 97.2 Å². The van der Waals surface area contributed by atoms with Crippen LogP contribution in [0.25, 0.3) is 10.4 Å². The van der Waals surface area contributed by atoms with Crippen molar-refractivity contribution in [1.82, 2.24) is 20.5 Å². The van der Waals surface area contributed by atoms with Gasteiger partial charge in [-0.2, -0.15) is 0 Å². The van der Waals surface area contributed by atoms with Gasteiger partial charge in [-0.1, -0.05) is 64.7 Å². The van der Waals surface area contributed by atoms with Crippen LogP contribution in [0.2, 0.25) is 19.6 Å². The summed E-state index contributed by atoms with van der Waals surface area (Å²) in [6.07, 6.45) is 1.55. The molecule has 1 saturated heterocycles. The number of aryl methyl sites for hydroxylation is 1. The predicted octanol–water partition coefficient (Wildman–Crippen LogP) is 4.28. The Hall–Kier alpha value is -3.00. The van der Waals surface area contributed by atoms with Crippen molar-refractivity contribution < 1.29 is 19.5 Å². The standard InChI is InChI=1S/C32H44N4O4SSi/c1-21-27(41-20-34-21)23-11-9-22(10-12-23)18-33-28(38)25-17-24(37)19-36(25)30(40)26(31(2,3)4)29(39)35-32(14-15-32)13-8-16-42(5,6)7/h9-12,20,24-26,37H,13-15,17-19H2,1-7H3,(H,33,38)(H,35,39)/t24-,25+,26+/m1/s1. The highest BCUT2D eigenvalue weighted by molar-refractivity contribution is 7.13. The lowest BCUT2D eigenvalue weighted by molar-refractivity contribution is -0.150. The Morgan fingerprint density at radius 1 is 1.19 bits per heavy atom. The molecule has 0 spiro atoms. The van der Waals surface area contributed by atoms with Crippen LogP contribution in [0.1, 0.15) is 57.7 Å². The molecular weight excluding hydrogens is 565 g/mol. The first kappa shape index (κ1) is 31.9. The highest BCUT2D eigenvalue weighted by Gasteiger charge is 2.50. The van der Waals surface area contributed by atoms with Crippen LogP contribution in [0.5, 0.6) is 0 Å². The molecule has 10 heteroatoms. The summed E-state index contributed by atoms with van der Waals surface area (Å²) in [6.45, 7) is 14.4. The monoisotopic (exact) mass is 608 g/mol. The number of aliphatic hydroxyl groups excluding tert-OH is 1. The number of carbonyl (C=O) groups excluding carboxylic acids is 3. The Kier molecular flexibility index (Phi) is 9.36. The molecule has 3 atom stereocenters. The maximum atomic E-state index is 13.9. The lowest BCUT2D eigenvalue weighted by Crippen LogP contribution is -2.55. The van der Waals surface area contributed by atoms with E-state index in [9.17, 15) is 19.5 Å². The van der Waals surface area contributed by atoms with Crippen molar-refractivity contribution in [3.8, 4) is 21.9 Å². The number of carbonyl (C=O) groups is 3. The van der Waals surface area contributed by atoms with Crippen LogP contribution in [0.4, 0.5) is 0 Å². The van der Waals surface area contributed by atoms with Gasteiger partial charge in [0.2, 0.25) is 17.7 Å². The van der Waals surface area contributed by atoms with Crippen molar-refractivity contribution >= 4 is 37.1 Å². The van der Waals surface area contributed by atoms with Gasteiger partial charge in [-0.25, -0.2) is 4.98 Å². The molecule has 3 N–H and O–H groups in total. The number of rotatable bonds is 8. The van der Waals surface area contributed by atoms with Crippen LogP contribution in [-0.2, 0) is 20.9 Å². The number of nitrogens with zero attached hydrogens (tertiary/aromatic N) is 2. The molecule has 0 radical (unpaired) electrons. The van der Waals surface area contributed by atoms with Gasteiger partial charge in [-0.15, -0.1) is 22.8 Å². The van der Waals surface area contributed by atoms with Crippen molar-refractivity contribution in [3.63, 3.8) is 0 Å². The summed E-state index contributed by atoms with van der Waals surface area (Å²) in [5.41, 5.74) is 7.09. The second kappa shape index (κ2) is 12.3. The van der Waals surface area contributed by atoms with Crippen molar-refractivity contribution in [1.29, 1.82) is 0 Å². The molecule has 1 aliphatic heterocycles. The predicted molar refractivity (Wildman–Crippen MR) is 169 cm³/mol. The largest absolute Gasteiger partial charge is 0.391 e. The van der Waals surface area contributed by atoms with E-state index < -0.39 is 37.5 Å². The van der Waals surface area contributed by atoms with Gasteiger partial charge in [0.25, 0.3) is 0 Å². The lowest BCUT2D eigenvalue weighted by atomic mass is 9.78. The van der Waals surface area contributed by atoms with Crippen molar-refractivity contribution in [3.05, 3.63) is 41.0 Å². The van der Waals surface area contributed by atoms with E-state index in [0.717, 1.165) is 34.5 Å². The molecule has 2 heterocycles. The number of likely N-dealkylation sites (tertiary alicyclic amines) is 1. The van der Waals surface area contributed by atoms with Crippen LogP contribution >= 0.6 is 11.3 Å². The van der Waals surface area contributed by atoms with Crippen LogP contribution in [0.3, 0.4) is 0 Å². The summed E-state index contributed by atoms with van der Waals surface area (Å²) >= 11 is 1.59. The van der Waals surface area contributed by atoms with Crippen molar-refractivity contribution in [2.75, 3.05) is 6.54 Å². The number of thiazole rings is 1. The molecule has 1 saturated carbocycles. The minimum atomic E-state index is -1.52. The summed E-state index contributed by atoms with van der Waals surface area (Å²) in [6, 6.07) is 7.09. The number of nitrogens with one attached hydrogen (secondary N) is 2. The number of aromatic nitrogens is 1. The second-order valence-corrected chi connectivity index (χ2v) is 19.5. The molecule has 2 aromatic rings. The molecule has 1 aliphatic carbocycles. The molecule has 0 bridgehead atoms. The maximum Gasteiger partial charge on any atom is 0.243 e. The lowest BCUT2D eigenvalue weighted by Gasteiger charge is -2.35. The van der Waals surface area contributed by atoms with Gasteiger partial charge in [-0.3, -0.25) is 14.4 Å². The summed E-state index contributed by atoms with van der Waals surface area (Å²) in [5, 5.41) is 16.6. The van der Waals surface area contributed by atoms with E-state index in [1.165, 1.54) is 4.90 Å². The minimum absolute atomic E-state index is 0.0203. The highest BCUT2D eigenvalue weighted by atomic mass is 32.1. The van der Waals surface area contributed by atoms with Gasteiger partial charge >= 0.3 is 0 Å². The van der Waals surface area contributed by atoms with Crippen molar-refractivity contribution in [2.24, 2.45) is 11.3 Å². The topological polar surface area (TPSA) is 112 Å². The molecule has 0 unspecified atom stereocenters. The molecule has 4 rings (SSSR count). The quantitative estimate of drug-likeness (QED) is 0.235. The Balaban J connectivity index is 1.42. The Bertz CT molecular complexity index is 1380. The van der Waals surface area contributed by atoms with Gasteiger partial charge in [0, 0.05) is 25.9 Å². The average Bonchev–Trinajstić information content (AvgIpc) is 3.30. The van der Waals surface area contributed by atoms with Crippen LogP contribution < -0.4 is 10.6 Å². The Morgan fingerprint density at radius 2 is 1.86 bits per heavy atom. The fraction of sp³-hybridized carbons (Fsp3) is 0.562. The third-order valence-corrected chi connectivity index (χ3v) is 9.70. The van der Waals surface area contributed by atoms with Gasteiger partial charge in [-0.05, 0) is 36.3 Å². The zero-order chi connectivity index (χ0) is 30.9. The smallest absolute Gasteiger partial charge is 0.243 e. The molecule has 2 aliphatic rings. The second-order valence-electron chi connectivity index (χ2n) is 13.9. The van der Waals surface area contributed by atoms with Crippen LogP contribution in [0, 0.1) is 29.7 Å². The highest BCUT2D eigenvalue weighted by Crippen LogP contribution is 2.40. The fourth-order valence-corrected chi connectivity index (χ4v) is 6.75. The molecule has 226 valence electrons. The SMILES string of the molecule is Cc1ncsc1-c1ccc(CNC(=O)[C@@H]2C[C@@H](O)CN2C(=O)[C@H](C(=O)NC2(CC#C[Si](C)(C)C)CC2)C(C)(C)C)cc1. The van der Waals surface area contributed by atoms with Crippen LogP contribution in [-0.4, -0.2) is 65.0 Å². The summed E-state index contributed by atoms with van der Waals surface area (Å²) in [7, 11) is -1.52. The third kappa shape index (κ3) is 7.88. The molecule has 2 fully saturated rings. The number of hydrogen-bond donors (Lipinski definition) is 3. The molecule has 1 aromatic carbocycles. The first-order chi connectivity index (χ1) is 19.6. The zero-order valence-corrected chi connectivity index (χ0v) is 27.7. The molecule has 8 nitrogen and oxygen atoms in total. The number of hydrogen-bond acceptors (Lipinski definition) is 6. The van der Waals surface area contributed by atoms with E-state index in [1.807, 2.05) is 57.5 Å². The van der Waals surface area contributed by atoms with E-state index in [0.29, 0.717) is 13.0 Å². The average molecular weight is 609 g/mol. The Labute approximate surface area is 254 Å². The van der Waals surface area contributed by atoms with E-state index in [1.54, 1.807) is 11.3 Å². The summed E-state index contributed by atoms with van der Waals surface area (Å²) in [4.78, 5) is 47.7. The first-order valence-corrected chi connectivity index (χ1v) is 19.0. The number of benzene rings is 1. The molecular formula is C32H44N4O4SSi. The summed E-state index contributed by atoms with van der Waals surface area (Å²) < 4.78 is 0. The first-order valence-electron chi connectivity index (χ1n) is 14.7. The van der Waals surface area contributed by atoms with Gasteiger partial charge in [0.05, 0.1) is 27.7 Å². The zero-order valence-electron chi connectivity index (χ0n) is 25.8. The van der Waals surface area contributed by atoms with E-state index in [2.05, 4.69) is 46.7 Å². The summed E-state index contributed by atoms with van der Waals surface area (Å²) in [5.74, 6) is 1.18. The molecule has 42 heavy (non-hydrogen) atoms. The number of β-amino-alcohol motifs (C(OH)–C–C–N with tert-alkyl or cyclic N) is 1.